The first kappa shape index (κ1) is 14.7. The van der Waals surface area contributed by atoms with Crippen molar-refractivity contribution in [2.24, 2.45) is 5.84 Å². The first-order chi connectivity index (χ1) is 10.1. The van der Waals surface area contributed by atoms with Crippen molar-refractivity contribution < 1.29 is 4.42 Å². The summed E-state index contributed by atoms with van der Waals surface area (Å²) in [4.78, 5) is 0. The van der Waals surface area contributed by atoms with Crippen LogP contribution in [0, 0.1) is 0 Å². The zero-order chi connectivity index (χ0) is 15.0. The van der Waals surface area contributed by atoms with Crippen molar-refractivity contribution in [1.29, 1.82) is 0 Å². The lowest BCUT2D eigenvalue weighted by molar-refractivity contribution is 0.477. The number of hydrogen-bond acceptors (Lipinski definition) is 3. The molecule has 2 aromatic carbocycles. The highest BCUT2D eigenvalue weighted by Crippen LogP contribution is 2.31. The number of furan rings is 1. The Kier molecular flexibility index (Phi) is 4.11. The molecule has 0 fully saturated rings. The second kappa shape index (κ2) is 5.87. The molecule has 0 radical (unpaired) electrons. The van der Waals surface area contributed by atoms with E-state index in [9.17, 15) is 0 Å². The van der Waals surface area contributed by atoms with Crippen LogP contribution in [0.1, 0.15) is 17.4 Å². The van der Waals surface area contributed by atoms with Crippen molar-refractivity contribution in [3.05, 3.63) is 68.9 Å². The zero-order valence-electron chi connectivity index (χ0n) is 10.7. The van der Waals surface area contributed by atoms with Gasteiger partial charge in [-0.3, -0.25) is 5.84 Å². The molecule has 1 atom stereocenters. The molecule has 1 heterocycles. The van der Waals surface area contributed by atoms with Crippen molar-refractivity contribution in [3.8, 4) is 0 Å². The minimum Gasteiger partial charge on any atom is -0.459 e. The smallest absolute Gasteiger partial charge is 0.134 e. The Hall–Kier alpha value is -1.23. The van der Waals surface area contributed by atoms with E-state index in [1.54, 1.807) is 24.3 Å². The Morgan fingerprint density at radius 3 is 2.29 bits per heavy atom. The Balaban J connectivity index is 2.08. The summed E-state index contributed by atoms with van der Waals surface area (Å²) in [6.07, 6.45) is 0. The van der Waals surface area contributed by atoms with E-state index in [-0.39, 0.29) is 6.04 Å². The van der Waals surface area contributed by atoms with Crippen molar-refractivity contribution in [2.45, 2.75) is 6.04 Å². The van der Waals surface area contributed by atoms with E-state index >= 15 is 0 Å². The molecule has 6 heteroatoms. The van der Waals surface area contributed by atoms with Gasteiger partial charge in [-0.1, -0.05) is 34.8 Å². The van der Waals surface area contributed by atoms with E-state index in [1.165, 1.54) is 0 Å². The largest absolute Gasteiger partial charge is 0.459 e. The first-order valence-electron chi connectivity index (χ1n) is 6.18. The van der Waals surface area contributed by atoms with Crippen LogP contribution < -0.4 is 11.3 Å². The summed E-state index contributed by atoms with van der Waals surface area (Å²) in [5.74, 6) is 6.33. The highest BCUT2D eigenvalue weighted by atomic mass is 35.5. The fourth-order valence-electron chi connectivity index (χ4n) is 2.26. The molecule has 0 saturated heterocycles. The fraction of sp³-hybridized carbons (Fsp3) is 0.0667. The molecule has 0 amide bonds. The molecule has 0 aliphatic rings. The van der Waals surface area contributed by atoms with E-state index in [1.807, 2.05) is 18.2 Å². The van der Waals surface area contributed by atoms with Crippen LogP contribution in [0.2, 0.25) is 15.1 Å². The molecule has 3 rings (SSSR count). The molecular formula is C15H11Cl3N2O. The van der Waals surface area contributed by atoms with Gasteiger partial charge < -0.3 is 4.42 Å². The molecule has 1 aromatic heterocycles. The van der Waals surface area contributed by atoms with Gasteiger partial charge in [-0.2, -0.15) is 0 Å². The quantitative estimate of drug-likeness (QED) is 0.524. The third-order valence-corrected chi connectivity index (χ3v) is 3.84. The molecule has 21 heavy (non-hydrogen) atoms. The standard InChI is InChI=1S/C15H11Cl3N2O/c16-10-1-2-13-8(3-10)6-14(21-13)15(20-19)9-4-11(17)7-12(18)5-9/h1-7,15,20H,19H2. The number of hydrazine groups is 1. The summed E-state index contributed by atoms with van der Waals surface area (Å²) in [6.45, 7) is 0. The third-order valence-electron chi connectivity index (χ3n) is 3.17. The molecule has 3 nitrogen and oxygen atoms in total. The topological polar surface area (TPSA) is 51.2 Å². The summed E-state index contributed by atoms with van der Waals surface area (Å²) < 4.78 is 5.82. The highest BCUT2D eigenvalue weighted by molar-refractivity contribution is 6.34. The average Bonchev–Trinajstić information content (AvgIpc) is 2.81. The number of fused-ring (bicyclic) bond motifs is 1. The summed E-state index contributed by atoms with van der Waals surface area (Å²) in [6, 6.07) is 12.2. The summed E-state index contributed by atoms with van der Waals surface area (Å²) >= 11 is 18.1. The van der Waals surface area contributed by atoms with Crippen LogP contribution in [-0.4, -0.2) is 0 Å². The number of rotatable bonds is 3. The van der Waals surface area contributed by atoms with Gasteiger partial charge in [-0.15, -0.1) is 0 Å². The van der Waals surface area contributed by atoms with Gasteiger partial charge in [-0.05, 0) is 48.0 Å². The van der Waals surface area contributed by atoms with Crippen LogP contribution in [0.3, 0.4) is 0 Å². The zero-order valence-corrected chi connectivity index (χ0v) is 13.0. The SMILES string of the molecule is NNC(c1cc(Cl)cc(Cl)c1)c1cc2cc(Cl)ccc2o1. The van der Waals surface area contributed by atoms with E-state index in [0.717, 1.165) is 16.5 Å². The Morgan fingerprint density at radius 2 is 1.62 bits per heavy atom. The third kappa shape index (κ3) is 3.03. The molecule has 3 N–H and O–H groups in total. The molecule has 0 bridgehead atoms. The number of hydrogen-bond donors (Lipinski definition) is 2. The maximum Gasteiger partial charge on any atom is 0.134 e. The van der Waals surface area contributed by atoms with Gasteiger partial charge in [-0.25, -0.2) is 5.43 Å². The van der Waals surface area contributed by atoms with Crippen molar-refractivity contribution in [3.63, 3.8) is 0 Å². The van der Waals surface area contributed by atoms with E-state index < -0.39 is 0 Å². The molecule has 0 spiro atoms. The molecule has 108 valence electrons. The summed E-state index contributed by atoms with van der Waals surface area (Å²) in [5.41, 5.74) is 4.28. The second-order valence-electron chi connectivity index (χ2n) is 4.63. The number of benzene rings is 2. The molecule has 3 aromatic rings. The maximum absolute atomic E-state index is 6.04. The van der Waals surface area contributed by atoms with Crippen LogP contribution in [-0.2, 0) is 0 Å². The van der Waals surface area contributed by atoms with Crippen molar-refractivity contribution in [2.75, 3.05) is 0 Å². The van der Waals surface area contributed by atoms with Gasteiger partial charge in [0.15, 0.2) is 0 Å². The van der Waals surface area contributed by atoms with Crippen LogP contribution in [0.25, 0.3) is 11.0 Å². The van der Waals surface area contributed by atoms with Gasteiger partial charge in [0.2, 0.25) is 0 Å². The lowest BCUT2D eigenvalue weighted by Crippen LogP contribution is -2.28. The van der Waals surface area contributed by atoms with Crippen molar-refractivity contribution >= 4 is 45.8 Å². The minimum atomic E-state index is -0.354. The molecule has 0 saturated carbocycles. The molecule has 0 aliphatic heterocycles. The highest BCUT2D eigenvalue weighted by Gasteiger charge is 2.18. The van der Waals surface area contributed by atoms with Crippen LogP contribution >= 0.6 is 34.8 Å². The van der Waals surface area contributed by atoms with Gasteiger partial charge in [0.25, 0.3) is 0 Å². The Morgan fingerprint density at radius 1 is 0.905 bits per heavy atom. The second-order valence-corrected chi connectivity index (χ2v) is 5.94. The van der Waals surface area contributed by atoms with E-state index in [0.29, 0.717) is 20.8 Å². The average molecular weight is 342 g/mol. The summed E-state index contributed by atoms with van der Waals surface area (Å²) in [5, 5.41) is 2.64. The summed E-state index contributed by atoms with van der Waals surface area (Å²) in [7, 11) is 0. The molecular weight excluding hydrogens is 331 g/mol. The Labute approximate surface area is 136 Å². The lowest BCUT2D eigenvalue weighted by Gasteiger charge is -2.14. The van der Waals surface area contributed by atoms with Crippen LogP contribution in [0.15, 0.2) is 46.9 Å². The predicted octanol–water partition coefficient (Wildman–Crippen LogP) is 4.95. The number of halogens is 3. The van der Waals surface area contributed by atoms with Crippen LogP contribution in [0.5, 0.6) is 0 Å². The van der Waals surface area contributed by atoms with Gasteiger partial charge in [0.05, 0.1) is 0 Å². The minimum absolute atomic E-state index is 0.354. The van der Waals surface area contributed by atoms with E-state index in [2.05, 4.69) is 5.43 Å². The monoisotopic (exact) mass is 340 g/mol. The van der Waals surface area contributed by atoms with Gasteiger partial charge >= 0.3 is 0 Å². The Bertz CT molecular complexity index is 780. The number of nitrogens with one attached hydrogen (secondary N) is 1. The predicted molar refractivity (Wildman–Crippen MR) is 86.9 cm³/mol. The van der Waals surface area contributed by atoms with E-state index in [4.69, 9.17) is 45.1 Å². The normalized spacial score (nSPS) is 12.8. The van der Waals surface area contributed by atoms with Gasteiger partial charge in [0, 0.05) is 20.5 Å². The van der Waals surface area contributed by atoms with Crippen LogP contribution in [0.4, 0.5) is 0 Å². The number of nitrogens with two attached hydrogens (primary N) is 1. The maximum atomic E-state index is 6.04. The first-order valence-corrected chi connectivity index (χ1v) is 7.31. The molecule has 0 aliphatic carbocycles. The van der Waals surface area contributed by atoms with Gasteiger partial charge in [0.1, 0.15) is 17.4 Å². The molecule has 1 unspecified atom stereocenters. The fourth-order valence-corrected chi connectivity index (χ4v) is 2.98. The van der Waals surface area contributed by atoms with Crippen molar-refractivity contribution in [1.82, 2.24) is 5.43 Å². The lowest BCUT2D eigenvalue weighted by atomic mass is 10.0.